The van der Waals surface area contributed by atoms with E-state index in [4.69, 9.17) is 5.73 Å². The molecule has 1 aromatic heterocycles. The van der Waals surface area contributed by atoms with Crippen LogP contribution in [0.3, 0.4) is 0 Å². The van der Waals surface area contributed by atoms with E-state index in [2.05, 4.69) is 10.6 Å². The summed E-state index contributed by atoms with van der Waals surface area (Å²) in [6.45, 7) is 4.22. The zero-order valence-corrected chi connectivity index (χ0v) is 15.0. The van der Waals surface area contributed by atoms with Crippen LogP contribution in [0, 0.1) is 11.3 Å². The van der Waals surface area contributed by atoms with E-state index in [-0.39, 0.29) is 17.9 Å². The molecule has 3 amide bonds. The first-order valence-electron chi connectivity index (χ1n) is 8.77. The summed E-state index contributed by atoms with van der Waals surface area (Å²) in [5.74, 6) is -0.621. The second-order valence-electron chi connectivity index (χ2n) is 7.31. The summed E-state index contributed by atoms with van der Waals surface area (Å²) in [5.41, 5.74) is 4.04. The molecule has 138 valence electrons. The van der Waals surface area contributed by atoms with Gasteiger partial charge in [0.2, 0.25) is 17.7 Å². The third kappa shape index (κ3) is 5.34. The van der Waals surface area contributed by atoms with Crippen LogP contribution in [0.15, 0.2) is 24.5 Å². The second-order valence-corrected chi connectivity index (χ2v) is 7.31. The molecule has 0 aromatic carbocycles. The van der Waals surface area contributed by atoms with Crippen molar-refractivity contribution in [3.63, 3.8) is 0 Å². The number of nitrogens with one attached hydrogen (secondary N) is 2. The zero-order chi connectivity index (χ0) is 18.4. The van der Waals surface area contributed by atoms with Crippen LogP contribution in [0.4, 0.5) is 0 Å². The first-order valence-corrected chi connectivity index (χ1v) is 8.77. The van der Waals surface area contributed by atoms with Crippen LogP contribution < -0.4 is 16.4 Å². The SMILES string of the molecule is CC(C)(C(N)=O)C(=O)NC[C@H]1CC[C@@H](NC(=O)CCn2cccc2)C1. The topological polar surface area (TPSA) is 106 Å². The monoisotopic (exact) mass is 348 g/mol. The highest BCUT2D eigenvalue weighted by Crippen LogP contribution is 2.25. The summed E-state index contributed by atoms with van der Waals surface area (Å²) in [7, 11) is 0. The second kappa shape index (κ2) is 8.18. The number of nitrogens with two attached hydrogens (primary N) is 1. The minimum Gasteiger partial charge on any atom is -0.369 e. The van der Waals surface area contributed by atoms with E-state index in [9.17, 15) is 14.4 Å². The molecule has 0 spiro atoms. The van der Waals surface area contributed by atoms with Crippen LogP contribution >= 0.6 is 0 Å². The van der Waals surface area contributed by atoms with Crippen molar-refractivity contribution < 1.29 is 14.4 Å². The lowest BCUT2D eigenvalue weighted by atomic mass is 9.91. The number of hydrogen-bond donors (Lipinski definition) is 3. The molecule has 0 unspecified atom stereocenters. The van der Waals surface area contributed by atoms with Gasteiger partial charge in [0.1, 0.15) is 5.41 Å². The van der Waals surface area contributed by atoms with Gasteiger partial charge in [0.15, 0.2) is 0 Å². The zero-order valence-electron chi connectivity index (χ0n) is 15.0. The summed E-state index contributed by atoms with van der Waals surface area (Å²) in [4.78, 5) is 35.4. The number of rotatable bonds is 8. The van der Waals surface area contributed by atoms with Crippen molar-refractivity contribution in [2.45, 2.75) is 52.1 Å². The standard InChI is InChI=1S/C18H28N4O3/c1-18(2,16(19)24)17(25)20-12-13-5-6-14(11-13)21-15(23)7-10-22-8-3-4-9-22/h3-4,8-9,13-14H,5-7,10-12H2,1-2H3,(H2,19,24)(H,20,25)(H,21,23)/t13-,14+/m0/s1. The van der Waals surface area contributed by atoms with Gasteiger partial charge in [-0.1, -0.05) is 0 Å². The smallest absolute Gasteiger partial charge is 0.235 e. The molecule has 0 aliphatic heterocycles. The molecule has 2 atom stereocenters. The molecule has 7 heteroatoms. The Kier molecular flexibility index (Phi) is 6.22. The van der Waals surface area contributed by atoms with Gasteiger partial charge in [-0.2, -0.15) is 0 Å². The maximum atomic E-state index is 12.0. The van der Waals surface area contributed by atoms with Crippen LogP contribution in [0.5, 0.6) is 0 Å². The van der Waals surface area contributed by atoms with Gasteiger partial charge in [0.05, 0.1) is 0 Å². The molecule has 2 rings (SSSR count). The van der Waals surface area contributed by atoms with E-state index in [1.165, 1.54) is 13.8 Å². The first kappa shape index (κ1) is 19.0. The van der Waals surface area contributed by atoms with Gasteiger partial charge >= 0.3 is 0 Å². The van der Waals surface area contributed by atoms with E-state index >= 15 is 0 Å². The van der Waals surface area contributed by atoms with Crippen molar-refractivity contribution in [2.75, 3.05) is 6.54 Å². The fourth-order valence-electron chi connectivity index (χ4n) is 3.01. The van der Waals surface area contributed by atoms with Crippen LogP contribution in [0.2, 0.25) is 0 Å². The number of carbonyl (C=O) groups excluding carboxylic acids is 3. The Bertz CT molecular complexity index is 610. The van der Waals surface area contributed by atoms with Crippen LogP contribution in [-0.2, 0) is 20.9 Å². The molecule has 0 saturated heterocycles. The van der Waals surface area contributed by atoms with Crippen molar-refractivity contribution in [3.8, 4) is 0 Å². The number of carbonyl (C=O) groups is 3. The minimum atomic E-state index is -1.20. The lowest BCUT2D eigenvalue weighted by Gasteiger charge is -2.21. The molecular weight excluding hydrogens is 320 g/mol. The Morgan fingerprint density at radius 3 is 2.52 bits per heavy atom. The third-order valence-corrected chi connectivity index (χ3v) is 4.90. The maximum Gasteiger partial charge on any atom is 0.235 e. The predicted octanol–water partition coefficient (Wildman–Crippen LogP) is 0.791. The molecule has 0 bridgehead atoms. The van der Waals surface area contributed by atoms with E-state index in [1.54, 1.807) is 0 Å². The molecule has 4 N–H and O–H groups in total. The van der Waals surface area contributed by atoms with Gasteiger partial charge in [-0.3, -0.25) is 14.4 Å². The molecular formula is C18H28N4O3. The van der Waals surface area contributed by atoms with Crippen molar-refractivity contribution >= 4 is 17.7 Å². The van der Waals surface area contributed by atoms with E-state index < -0.39 is 11.3 Å². The Morgan fingerprint density at radius 2 is 1.88 bits per heavy atom. The largest absolute Gasteiger partial charge is 0.369 e. The lowest BCUT2D eigenvalue weighted by molar-refractivity contribution is -0.139. The summed E-state index contributed by atoms with van der Waals surface area (Å²) < 4.78 is 1.98. The summed E-state index contributed by atoms with van der Waals surface area (Å²) in [6.07, 6.45) is 7.03. The molecule has 1 heterocycles. The van der Waals surface area contributed by atoms with Gasteiger partial charge in [-0.05, 0) is 51.2 Å². The summed E-state index contributed by atoms with van der Waals surface area (Å²) in [6, 6.07) is 4.03. The normalized spacial score (nSPS) is 20.2. The molecule has 1 aromatic rings. The van der Waals surface area contributed by atoms with Crippen LogP contribution in [0.1, 0.15) is 39.5 Å². The van der Waals surface area contributed by atoms with E-state index in [0.717, 1.165) is 19.3 Å². The first-order chi connectivity index (χ1) is 11.8. The average molecular weight is 348 g/mol. The summed E-state index contributed by atoms with van der Waals surface area (Å²) >= 11 is 0. The van der Waals surface area contributed by atoms with Gasteiger partial charge in [-0.15, -0.1) is 0 Å². The molecule has 7 nitrogen and oxygen atoms in total. The number of amides is 3. The molecule has 1 fully saturated rings. The third-order valence-electron chi connectivity index (χ3n) is 4.90. The highest BCUT2D eigenvalue weighted by Gasteiger charge is 2.34. The number of nitrogens with zero attached hydrogens (tertiary/aromatic N) is 1. The fourth-order valence-corrected chi connectivity index (χ4v) is 3.01. The maximum absolute atomic E-state index is 12.0. The van der Waals surface area contributed by atoms with E-state index in [1.807, 2.05) is 29.1 Å². The lowest BCUT2D eigenvalue weighted by Crippen LogP contribution is -2.46. The quantitative estimate of drug-likeness (QED) is 0.605. The Balaban J connectivity index is 1.68. The van der Waals surface area contributed by atoms with Gasteiger partial charge in [-0.25, -0.2) is 0 Å². The van der Waals surface area contributed by atoms with Gasteiger partial charge in [0.25, 0.3) is 0 Å². The summed E-state index contributed by atoms with van der Waals surface area (Å²) in [5, 5.41) is 5.88. The molecule has 1 aliphatic rings. The van der Waals surface area contributed by atoms with Crippen LogP contribution in [-0.4, -0.2) is 34.9 Å². The number of primary amides is 1. The highest BCUT2D eigenvalue weighted by molar-refractivity contribution is 6.03. The fraction of sp³-hybridized carbons (Fsp3) is 0.611. The van der Waals surface area contributed by atoms with Crippen LogP contribution in [0.25, 0.3) is 0 Å². The van der Waals surface area contributed by atoms with Gasteiger partial charge in [0, 0.05) is 37.9 Å². The Labute approximate surface area is 148 Å². The van der Waals surface area contributed by atoms with Crippen molar-refractivity contribution in [2.24, 2.45) is 17.1 Å². The Hall–Kier alpha value is -2.31. The van der Waals surface area contributed by atoms with E-state index in [0.29, 0.717) is 25.4 Å². The van der Waals surface area contributed by atoms with Gasteiger partial charge < -0.3 is 20.9 Å². The number of aryl methyl sites for hydroxylation is 1. The minimum absolute atomic E-state index is 0.0539. The predicted molar refractivity (Wildman–Crippen MR) is 94.3 cm³/mol. The Morgan fingerprint density at radius 1 is 1.20 bits per heavy atom. The molecule has 1 saturated carbocycles. The average Bonchev–Trinajstić information content (AvgIpc) is 3.22. The highest BCUT2D eigenvalue weighted by atomic mass is 16.2. The van der Waals surface area contributed by atoms with Crippen molar-refractivity contribution in [1.29, 1.82) is 0 Å². The van der Waals surface area contributed by atoms with Crippen molar-refractivity contribution in [3.05, 3.63) is 24.5 Å². The molecule has 0 radical (unpaired) electrons. The van der Waals surface area contributed by atoms with Crippen molar-refractivity contribution in [1.82, 2.24) is 15.2 Å². The number of hydrogen-bond acceptors (Lipinski definition) is 3. The number of aromatic nitrogens is 1. The molecule has 25 heavy (non-hydrogen) atoms. The molecule has 1 aliphatic carbocycles.